The van der Waals surface area contributed by atoms with Crippen LogP contribution in [0, 0.1) is 10.1 Å². The number of benzene rings is 2. The molecule has 0 fully saturated rings. The number of nitrogens with two attached hydrogens (primary N) is 1. The normalized spacial score (nSPS) is 13.8. The molecule has 0 saturated heterocycles. The van der Waals surface area contributed by atoms with Gasteiger partial charge in [-0.1, -0.05) is 51.0 Å². The van der Waals surface area contributed by atoms with Crippen LogP contribution in [-0.4, -0.2) is 30.1 Å². The summed E-state index contributed by atoms with van der Waals surface area (Å²) in [5, 5.41) is 10.6. The van der Waals surface area contributed by atoms with Crippen LogP contribution >= 0.6 is 0 Å². The van der Waals surface area contributed by atoms with E-state index in [9.17, 15) is 19.7 Å². The van der Waals surface area contributed by atoms with Gasteiger partial charge in [0.05, 0.1) is 29.0 Å². The van der Waals surface area contributed by atoms with Gasteiger partial charge in [0.25, 0.3) is 5.69 Å². The standard InChI is InChI=1S/C14H19NO4.C14H21NO2/c1-4-10-14(3,13(16)19-5-2)11-6-8-12(9-7-11)15(17)18;1-4-10-14(3,13(16)17-5-2)11-6-8-12(15)9-7-11/h6-9H,4-5,10H2,1-3H3;6-9H,4-5,10,15H2,1-3H3. The van der Waals surface area contributed by atoms with Crippen LogP contribution in [0.5, 0.6) is 0 Å². The van der Waals surface area contributed by atoms with Crippen LogP contribution in [0.2, 0.25) is 0 Å². The van der Waals surface area contributed by atoms with E-state index in [0.29, 0.717) is 25.3 Å². The fourth-order valence-corrected chi connectivity index (χ4v) is 4.11. The summed E-state index contributed by atoms with van der Waals surface area (Å²) in [6.45, 7) is 12.1. The van der Waals surface area contributed by atoms with Crippen LogP contribution in [0.1, 0.15) is 78.4 Å². The van der Waals surface area contributed by atoms with E-state index in [0.717, 1.165) is 30.4 Å². The summed E-state index contributed by atoms with van der Waals surface area (Å²) in [5.41, 5.74) is 6.78. The van der Waals surface area contributed by atoms with Crippen molar-refractivity contribution in [1.29, 1.82) is 0 Å². The van der Waals surface area contributed by atoms with Gasteiger partial charge < -0.3 is 15.2 Å². The third-order valence-electron chi connectivity index (χ3n) is 6.21. The van der Waals surface area contributed by atoms with Gasteiger partial charge in [-0.25, -0.2) is 0 Å². The second-order valence-corrected chi connectivity index (χ2v) is 9.03. The first-order chi connectivity index (χ1) is 17.0. The van der Waals surface area contributed by atoms with Crippen LogP contribution in [0.4, 0.5) is 11.4 Å². The number of hydrogen-bond donors (Lipinski definition) is 1. The molecule has 8 nitrogen and oxygen atoms in total. The minimum Gasteiger partial charge on any atom is -0.465 e. The SMILES string of the molecule is CCCC(C)(C(=O)OCC)c1ccc(N)cc1.CCCC(C)(C(=O)OCC)c1ccc([N+](=O)[O-])cc1. The molecule has 2 aromatic rings. The Hall–Kier alpha value is -3.42. The molecule has 36 heavy (non-hydrogen) atoms. The molecule has 2 aromatic carbocycles. The first-order valence-corrected chi connectivity index (χ1v) is 12.4. The zero-order chi connectivity index (χ0) is 27.4. The summed E-state index contributed by atoms with van der Waals surface area (Å²) in [6.07, 6.45) is 3.17. The van der Waals surface area contributed by atoms with E-state index in [1.807, 2.05) is 52.0 Å². The first kappa shape index (κ1) is 30.6. The molecule has 198 valence electrons. The lowest BCUT2D eigenvalue weighted by atomic mass is 9.78. The fraction of sp³-hybridized carbons (Fsp3) is 0.500. The van der Waals surface area contributed by atoms with E-state index in [1.165, 1.54) is 12.1 Å². The second kappa shape index (κ2) is 14.2. The lowest BCUT2D eigenvalue weighted by Crippen LogP contribution is -2.34. The molecule has 0 bridgehead atoms. The number of anilines is 1. The number of carbonyl (C=O) groups excluding carboxylic acids is 2. The topological polar surface area (TPSA) is 122 Å². The summed E-state index contributed by atoms with van der Waals surface area (Å²) < 4.78 is 10.3. The molecule has 2 atom stereocenters. The van der Waals surface area contributed by atoms with E-state index >= 15 is 0 Å². The number of nitro benzene ring substituents is 1. The third kappa shape index (κ3) is 7.80. The number of rotatable bonds is 11. The van der Waals surface area contributed by atoms with Crippen molar-refractivity contribution in [2.24, 2.45) is 0 Å². The number of hydrogen-bond acceptors (Lipinski definition) is 7. The van der Waals surface area contributed by atoms with Gasteiger partial charge >= 0.3 is 11.9 Å². The van der Waals surface area contributed by atoms with Gasteiger partial charge in [0.15, 0.2) is 0 Å². The molecule has 2 unspecified atom stereocenters. The van der Waals surface area contributed by atoms with Gasteiger partial charge in [-0.3, -0.25) is 19.7 Å². The molecule has 0 aliphatic rings. The Morgan fingerprint density at radius 3 is 1.44 bits per heavy atom. The predicted molar refractivity (Wildman–Crippen MR) is 142 cm³/mol. The number of esters is 2. The number of nitro groups is 1. The summed E-state index contributed by atoms with van der Waals surface area (Å²) in [7, 11) is 0. The molecule has 0 aromatic heterocycles. The maximum absolute atomic E-state index is 12.1. The maximum atomic E-state index is 12.1. The van der Waals surface area contributed by atoms with Gasteiger partial charge in [0.1, 0.15) is 0 Å². The van der Waals surface area contributed by atoms with Crippen molar-refractivity contribution in [3.63, 3.8) is 0 Å². The second-order valence-electron chi connectivity index (χ2n) is 9.03. The number of nitrogens with zero attached hydrogens (tertiary/aromatic N) is 1. The highest BCUT2D eigenvalue weighted by molar-refractivity contribution is 5.83. The lowest BCUT2D eigenvalue weighted by molar-refractivity contribution is -0.384. The van der Waals surface area contributed by atoms with E-state index in [1.54, 1.807) is 19.1 Å². The molecule has 0 saturated carbocycles. The van der Waals surface area contributed by atoms with Gasteiger partial charge in [0, 0.05) is 17.8 Å². The largest absolute Gasteiger partial charge is 0.465 e. The Balaban J connectivity index is 0.000000362. The van der Waals surface area contributed by atoms with E-state index in [-0.39, 0.29) is 17.6 Å². The summed E-state index contributed by atoms with van der Waals surface area (Å²) in [5.74, 6) is -0.447. The lowest BCUT2D eigenvalue weighted by Gasteiger charge is -2.27. The maximum Gasteiger partial charge on any atom is 0.316 e. The molecule has 2 rings (SSSR count). The molecular weight excluding hydrogens is 460 g/mol. The quantitative estimate of drug-likeness (QED) is 0.171. The fourth-order valence-electron chi connectivity index (χ4n) is 4.11. The highest BCUT2D eigenvalue weighted by Crippen LogP contribution is 2.32. The highest BCUT2D eigenvalue weighted by atomic mass is 16.6. The van der Waals surface area contributed by atoms with E-state index in [2.05, 4.69) is 6.92 Å². The van der Waals surface area contributed by atoms with Crippen molar-refractivity contribution in [3.8, 4) is 0 Å². The molecule has 0 radical (unpaired) electrons. The summed E-state index contributed by atoms with van der Waals surface area (Å²) >= 11 is 0. The number of non-ortho nitro benzene ring substituents is 1. The first-order valence-electron chi connectivity index (χ1n) is 12.4. The van der Waals surface area contributed by atoms with Gasteiger partial charge in [-0.05, 0) is 63.8 Å². The van der Waals surface area contributed by atoms with Crippen LogP contribution in [0.3, 0.4) is 0 Å². The van der Waals surface area contributed by atoms with Crippen molar-refractivity contribution in [2.45, 2.75) is 78.1 Å². The molecule has 0 spiro atoms. The Morgan fingerprint density at radius 2 is 1.14 bits per heavy atom. The molecule has 0 aliphatic heterocycles. The molecule has 0 aliphatic carbocycles. The van der Waals surface area contributed by atoms with E-state index in [4.69, 9.17) is 15.2 Å². The minimum absolute atomic E-state index is 0.0199. The van der Waals surface area contributed by atoms with Crippen molar-refractivity contribution >= 4 is 23.3 Å². The van der Waals surface area contributed by atoms with Gasteiger partial charge in [0.2, 0.25) is 0 Å². The van der Waals surface area contributed by atoms with Crippen molar-refractivity contribution < 1.29 is 24.0 Å². The minimum atomic E-state index is -0.750. The van der Waals surface area contributed by atoms with Gasteiger partial charge in [-0.15, -0.1) is 0 Å². The Bertz CT molecular complexity index is 990. The Kier molecular flexibility index (Phi) is 12.1. The predicted octanol–water partition coefficient (Wildman–Crippen LogP) is 6.11. The Labute approximate surface area is 214 Å². The summed E-state index contributed by atoms with van der Waals surface area (Å²) in [4.78, 5) is 34.4. The average molecular weight is 501 g/mol. The van der Waals surface area contributed by atoms with Crippen LogP contribution in [0.25, 0.3) is 0 Å². The van der Waals surface area contributed by atoms with Crippen LogP contribution in [0.15, 0.2) is 48.5 Å². The number of carbonyl (C=O) groups is 2. The summed E-state index contributed by atoms with van der Waals surface area (Å²) in [6, 6.07) is 13.6. The molecular formula is C28H40N2O6. The zero-order valence-electron chi connectivity index (χ0n) is 22.3. The van der Waals surface area contributed by atoms with Crippen molar-refractivity contribution in [1.82, 2.24) is 0 Å². The van der Waals surface area contributed by atoms with Crippen molar-refractivity contribution in [2.75, 3.05) is 18.9 Å². The third-order valence-corrected chi connectivity index (χ3v) is 6.21. The molecule has 8 heteroatoms. The van der Waals surface area contributed by atoms with E-state index < -0.39 is 15.8 Å². The monoisotopic (exact) mass is 500 g/mol. The zero-order valence-corrected chi connectivity index (χ0v) is 22.3. The van der Waals surface area contributed by atoms with Gasteiger partial charge in [-0.2, -0.15) is 0 Å². The van der Waals surface area contributed by atoms with Crippen molar-refractivity contribution in [3.05, 3.63) is 69.8 Å². The average Bonchev–Trinajstić information content (AvgIpc) is 2.85. The smallest absolute Gasteiger partial charge is 0.316 e. The highest BCUT2D eigenvalue weighted by Gasteiger charge is 2.36. The Morgan fingerprint density at radius 1 is 0.778 bits per heavy atom. The molecule has 2 N–H and O–H groups in total. The van der Waals surface area contributed by atoms with Crippen LogP contribution in [-0.2, 0) is 29.9 Å². The van der Waals surface area contributed by atoms with Crippen LogP contribution < -0.4 is 5.73 Å². The molecule has 0 amide bonds. The number of ether oxygens (including phenoxy) is 2. The number of nitrogen functional groups attached to an aromatic ring is 1. The molecule has 0 heterocycles.